The summed E-state index contributed by atoms with van der Waals surface area (Å²) in [6.07, 6.45) is 0. The molecule has 0 saturated carbocycles. The minimum Gasteiger partial charge on any atom is -1.00 e. The van der Waals surface area contributed by atoms with Crippen molar-refractivity contribution in [3.05, 3.63) is 22.3 Å². The van der Waals surface area contributed by atoms with E-state index in [0.717, 1.165) is 0 Å². The van der Waals surface area contributed by atoms with E-state index in [-0.39, 0.29) is 31.0 Å². The van der Waals surface area contributed by atoms with E-state index in [1.807, 2.05) is 0 Å². The molecule has 0 saturated heterocycles. The van der Waals surface area contributed by atoms with Crippen molar-refractivity contribution >= 4 is 31.8 Å². The first-order valence-electron chi connectivity index (χ1n) is 4.81. The van der Waals surface area contributed by atoms with Crippen molar-refractivity contribution in [3.63, 3.8) is 0 Å². The van der Waals surface area contributed by atoms with E-state index in [1.165, 1.54) is 6.92 Å². The average molecular weight is 295 g/mol. The molecule has 0 aliphatic rings. The Kier molecular flexibility index (Phi) is 5.86. The summed E-state index contributed by atoms with van der Waals surface area (Å²) in [6.45, 7) is 4.92. The van der Waals surface area contributed by atoms with E-state index in [1.54, 1.807) is 13.8 Å². The molecule has 0 fully saturated rings. The van der Waals surface area contributed by atoms with Crippen LogP contribution < -0.4 is 28.2 Å². The van der Waals surface area contributed by atoms with Crippen LogP contribution in [0.4, 0.5) is 0 Å². The second-order valence-corrected chi connectivity index (χ2v) is 5.29. The van der Waals surface area contributed by atoms with Crippen molar-refractivity contribution in [2.75, 3.05) is 0 Å². The Morgan fingerprint density at radius 3 is 2.05 bits per heavy atom. The van der Waals surface area contributed by atoms with E-state index in [0.29, 0.717) is 16.7 Å². The van der Waals surface area contributed by atoms with Crippen LogP contribution in [0.2, 0.25) is 0 Å². The van der Waals surface area contributed by atoms with Crippen LogP contribution in [0.25, 0.3) is 0 Å². The smallest absolute Gasteiger partial charge is 1.00 e. The molecule has 1 aromatic rings. The SMILES string of the molecule is Cc1c(C)c([Si])c(OS(=O)(=O)O)c(C(=O)O)c1C.[H-].[Li+]. The fourth-order valence-electron chi connectivity index (χ4n) is 1.57. The van der Waals surface area contributed by atoms with Crippen LogP contribution in [0.15, 0.2) is 0 Å². The van der Waals surface area contributed by atoms with Gasteiger partial charge in [-0.05, 0) is 42.6 Å². The molecular formula is C10H12LiO6SSi. The van der Waals surface area contributed by atoms with Crippen molar-refractivity contribution in [2.45, 2.75) is 20.8 Å². The Hall–Kier alpha value is -0.786. The molecule has 2 N–H and O–H groups in total. The topological polar surface area (TPSA) is 101 Å². The first-order chi connectivity index (χ1) is 8.06. The fraction of sp³-hybridized carbons (Fsp3) is 0.300. The Bertz CT molecular complexity index is 631. The molecule has 19 heavy (non-hydrogen) atoms. The van der Waals surface area contributed by atoms with Crippen molar-refractivity contribution in [3.8, 4) is 5.75 Å². The first-order valence-corrected chi connectivity index (χ1v) is 6.68. The van der Waals surface area contributed by atoms with Gasteiger partial charge in [0.2, 0.25) is 0 Å². The standard InChI is InChI=1S/C10H11O6SSi.Li.H/c1-4-5(2)7(10(11)12)8(9(18)6(4)3)16-17(13,14)15;;/h1-3H3,(H,11,12)(H,13,14,15);;/q;+1;-1. The van der Waals surface area contributed by atoms with Crippen LogP contribution in [-0.4, -0.2) is 34.3 Å². The molecule has 0 spiro atoms. The van der Waals surface area contributed by atoms with Gasteiger partial charge in [0.1, 0.15) is 5.56 Å². The van der Waals surface area contributed by atoms with Gasteiger partial charge in [-0.2, -0.15) is 8.42 Å². The minimum atomic E-state index is -4.80. The second-order valence-electron chi connectivity index (χ2n) is 3.77. The summed E-state index contributed by atoms with van der Waals surface area (Å²) in [5, 5.41) is 9.28. The second kappa shape index (κ2) is 6.11. The summed E-state index contributed by atoms with van der Waals surface area (Å²) < 4.78 is 34.5. The number of carbonyl (C=O) groups is 1. The summed E-state index contributed by atoms with van der Waals surface area (Å²) in [5.74, 6) is -1.77. The van der Waals surface area contributed by atoms with Gasteiger partial charge in [0, 0.05) is 0 Å². The molecule has 6 nitrogen and oxygen atoms in total. The van der Waals surface area contributed by atoms with E-state index in [9.17, 15) is 13.2 Å². The Labute approximate surface area is 128 Å². The normalized spacial score (nSPS) is 10.8. The van der Waals surface area contributed by atoms with Crippen molar-refractivity contribution < 1.29 is 47.3 Å². The van der Waals surface area contributed by atoms with Gasteiger partial charge in [0.05, 0.1) is 10.2 Å². The maximum atomic E-state index is 11.2. The third kappa shape index (κ3) is 3.84. The molecule has 99 valence electrons. The minimum absolute atomic E-state index is 0. The molecule has 0 bridgehead atoms. The van der Waals surface area contributed by atoms with E-state index < -0.39 is 22.1 Å². The monoisotopic (exact) mass is 295 g/mol. The number of hydrogen-bond acceptors (Lipinski definition) is 4. The molecule has 0 amide bonds. The van der Waals surface area contributed by atoms with E-state index >= 15 is 0 Å². The molecule has 0 aliphatic carbocycles. The van der Waals surface area contributed by atoms with Gasteiger partial charge in [-0.15, -0.1) is 0 Å². The van der Waals surface area contributed by atoms with Crippen LogP contribution in [-0.2, 0) is 10.4 Å². The van der Waals surface area contributed by atoms with Crippen molar-refractivity contribution in [2.24, 2.45) is 0 Å². The van der Waals surface area contributed by atoms with Crippen molar-refractivity contribution in [1.82, 2.24) is 0 Å². The molecule has 0 atom stereocenters. The maximum absolute atomic E-state index is 11.2. The van der Waals surface area contributed by atoms with Gasteiger partial charge in [-0.1, -0.05) is 0 Å². The number of carboxylic acid groups (broad SMARTS) is 1. The molecule has 1 rings (SSSR count). The number of benzene rings is 1. The van der Waals surface area contributed by atoms with Crippen LogP contribution in [0.1, 0.15) is 28.5 Å². The molecule has 1 aromatic carbocycles. The number of hydrogen-bond donors (Lipinski definition) is 2. The zero-order chi connectivity index (χ0) is 14.2. The summed E-state index contributed by atoms with van der Waals surface area (Å²) >= 11 is 0. The van der Waals surface area contributed by atoms with Crippen LogP contribution >= 0.6 is 0 Å². The number of carboxylic acids is 1. The van der Waals surface area contributed by atoms with Crippen molar-refractivity contribution in [1.29, 1.82) is 0 Å². The molecule has 9 heteroatoms. The zero-order valence-electron chi connectivity index (χ0n) is 11.9. The summed E-state index contributed by atoms with van der Waals surface area (Å²) in [6, 6.07) is 0. The summed E-state index contributed by atoms with van der Waals surface area (Å²) in [7, 11) is -1.67. The van der Waals surface area contributed by atoms with Gasteiger partial charge in [-0.3, -0.25) is 4.55 Å². The molecule has 0 aromatic heterocycles. The summed E-state index contributed by atoms with van der Waals surface area (Å²) in [4.78, 5) is 11.2. The molecular weight excluding hydrogens is 283 g/mol. The quantitative estimate of drug-likeness (QED) is 0.468. The average Bonchev–Trinajstić information content (AvgIpc) is 2.20. The molecule has 0 unspecified atom stereocenters. The van der Waals surface area contributed by atoms with E-state index in [4.69, 9.17) is 9.66 Å². The van der Waals surface area contributed by atoms with Gasteiger partial charge < -0.3 is 10.7 Å². The third-order valence-corrected chi connectivity index (χ3v) is 3.71. The first kappa shape index (κ1) is 18.2. The zero-order valence-corrected chi connectivity index (χ0v) is 12.8. The number of rotatable bonds is 3. The van der Waals surface area contributed by atoms with Crippen LogP contribution in [0.5, 0.6) is 5.75 Å². The largest absolute Gasteiger partial charge is 1.00 e. The molecule has 0 heterocycles. The number of aromatic carboxylic acids is 1. The predicted octanol–water partition coefficient (Wildman–Crippen LogP) is -2.60. The van der Waals surface area contributed by atoms with Crippen LogP contribution in [0.3, 0.4) is 0 Å². The fourth-order valence-corrected chi connectivity index (χ4v) is 2.38. The molecule has 3 radical (unpaired) electrons. The third-order valence-electron chi connectivity index (χ3n) is 2.73. The Morgan fingerprint density at radius 2 is 1.68 bits per heavy atom. The summed E-state index contributed by atoms with van der Waals surface area (Å²) in [5.41, 5.74) is 1.40. The van der Waals surface area contributed by atoms with Crippen LogP contribution in [0, 0.1) is 20.8 Å². The molecule has 0 aliphatic heterocycles. The Balaban J connectivity index is 0. The van der Waals surface area contributed by atoms with Gasteiger partial charge in [-0.25, -0.2) is 4.79 Å². The maximum Gasteiger partial charge on any atom is 1.00 e. The predicted molar refractivity (Wildman–Crippen MR) is 66.3 cm³/mol. The Morgan fingerprint density at radius 1 is 1.21 bits per heavy atom. The van der Waals surface area contributed by atoms with Gasteiger partial charge in [0.25, 0.3) is 0 Å². The van der Waals surface area contributed by atoms with E-state index in [2.05, 4.69) is 14.4 Å². The van der Waals surface area contributed by atoms with Gasteiger partial charge in [0.15, 0.2) is 5.75 Å². The van der Waals surface area contributed by atoms with Gasteiger partial charge >= 0.3 is 35.2 Å².